The van der Waals surface area contributed by atoms with Gasteiger partial charge in [0.05, 0.1) is 0 Å². The number of urea groups is 1. The minimum atomic E-state index is -0.900. The summed E-state index contributed by atoms with van der Waals surface area (Å²) in [5.74, 6) is -1.76. The molecule has 12 heteroatoms. The summed E-state index contributed by atoms with van der Waals surface area (Å²) in [7, 11) is 0. The molecule has 0 saturated heterocycles. The molecule has 174 valence electrons. The van der Waals surface area contributed by atoms with E-state index in [2.05, 4.69) is 25.3 Å². The zero-order chi connectivity index (χ0) is 24.0. The van der Waals surface area contributed by atoms with E-state index < -0.39 is 29.7 Å². The highest BCUT2D eigenvalue weighted by molar-refractivity contribution is 7.11. The highest BCUT2D eigenvalue weighted by Crippen LogP contribution is 2.31. The number of ether oxygens (including phenoxy) is 1. The number of aromatic nitrogens is 2. The van der Waals surface area contributed by atoms with Gasteiger partial charge in [-0.1, -0.05) is 13.0 Å². The smallest absolute Gasteiger partial charge is 0.321 e. The number of nitrogens with one attached hydrogen (secondary N) is 3. The average Bonchev–Trinajstić information content (AvgIpc) is 3.18. The first-order valence-corrected chi connectivity index (χ1v) is 10.7. The van der Waals surface area contributed by atoms with Crippen molar-refractivity contribution in [2.24, 2.45) is 5.73 Å². The highest BCUT2D eigenvalue weighted by Gasteiger charge is 2.23. The third-order valence-corrected chi connectivity index (χ3v) is 5.27. The average molecular weight is 477 g/mol. The second-order valence-corrected chi connectivity index (χ2v) is 7.73. The Hall–Kier alpha value is -3.80. The van der Waals surface area contributed by atoms with Crippen molar-refractivity contribution in [3.8, 4) is 5.88 Å². The molecule has 3 rings (SSSR count). The lowest BCUT2D eigenvalue weighted by Crippen LogP contribution is -2.42. The van der Waals surface area contributed by atoms with Crippen molar-refractivity contribution in [3.63, 3.8) is 0 Å². The number of halogens is 2. The molecule has 5 N–H and O–H groups in total. The van der Waals surface area contributed by atoms with Crippen LogP contribution in [0.2, 0.25) is 0 Å². The number of carbonyl (C=O) groups is 2. The Balaban J connectivity index is 1.68. The molecule has 0 fully saturated rings. The summed E-state index contributed by atoms with van der Waals surface area (Å²) in [6, 6.07) is 6.76. The van der Waals surface area contributed by atoms with Gasteiger partial charge in [-0.05, 0) is 54.7 Å². The monoisotopic (exact) mass is 476 g/mol. The van der Waals surface area contributed by atoms with Crippen LogP contribution in [-0.4, -0.2) is 27.5 Å². The predicted octanol–water partition coefficient (Wildman–Crippen LogP) is 3.77. The Labute approximate surface area is 192 Å². The highest BCUT2D eigenvalue weighted by atomic mass is 32.1. The van der Waals surface area contributed by atoms with E-state index in [1.807, 2.05) is 6.92 Å². The van der Waals surface area contributed by atoms with Crippen molar-refractivity contribution in [3.05, 3.63) is 64.9 Å². The quantitative estimate of drug-likeness (QED) is 0.348. The molecule has 0 aliphatic rings. The van der Waals surface area contributed by atoms with Crippen molar-refractivity contribution in [1.82, 2.24) is 14.7 Å². The summed E-state index contributed by atoms with van der Waals surface area (Å²) >= 11 is 0.768. The Bertz CT molecular complexity index is 1140. The number of rotatable bonds is 9. The molecule has 0 bridgehead atoms. The van der Waals surface area contributed by atoms with E-state index in [4.69, 9.17) is 10.5 Å². The third kappa shape index (κ3) is 6.13. The van der Waals surface area contributed by atoms with Gasteiger partial charge in [0.15, 0.2) is 0 Å². The maximum atomic E-state index is 14.0. The van der Waals surface area contributed by atoms with Gasteiger partial charge in [0.1, 0.15) is 40.8 Å². The van der Waals surface area contributed by atoms with Gasteiger partial charge in [0.2, 0.25) is 5.88 Å². The minimum Gasteiger partial charge on any atom is -0.471 e. The Morgan fingerprint density at radius 1 is 1.24 bits per heavy atom. The second kappa shape index (κ2) is 10.7. The van der Waals surface area contributed by atoms with Gasteiger partial charge in [0, 0.05) is 11.8 Å². The van der Waals surface area contributed by atoms with Crippen molar-refractivity contribution < 1.29 is 23.1 Å². The molecule has 3 aromatic rings. The van der Waals surface area contributed by atoms with Crippen molar-refractivity contribution >= 4 is 34.3 Å². The zero-order valence-corrected chi connectivity index (χ0v) is 18.6. The summed E-state index contributed by atoms with van der Waals surface area (Å²) in [5, 5.41) is 8.35. The Kier molecular flexibility index (Phi) is 7.72. The molecule has 1 atom stereocenters. The number of amides is 3. The molecule has 1 unspecified atom stereocenters. The van der Waals surface area contributed by atoms with Gasteiger partial charge >= 0.3 is 6.03 Å². The molecular formula is C21H22F2N6O3S. The van der Waals surface area contributed by atoms with Gasteiger partial charge in [0.25, 0.3) is 5.91 Å². The van der Waals surface area contributed by atoms with Gasteiger partial charge in [-0.25, -0.2) is 18.6 Å². The van der Waals surface area contributed by atoms with E-state index in [0.29, 0.717) is 12.2 Å². The van der Waals surface area contributed by atoms with Crippen LogP contribution in [0.5, 0.6) is 5.88 Å². The molecule has 0 spiro atoms. The SMILES string of the molecule is CCC(NC(=O)Nc1snc(OCc2cc(F)c(C)cc2F)c1C(N)=O)Nc1ccccn1. The molecular weight excluding hydrogens is 454 g/mol. The molecule has 0 saturated carbocycles. The summed E-state index contributed by atoms with van der Waals surface area (Å²) in [5.41, 5.74) is 5.36. The van der Waals surface area contributed by atoms with Crippen LogP contribution in [0.4, 0.5) is 24.4 Å². The molecule has 9 nitrogen and oxygen atoms in total. The van der Waals surface area contributed by atoms with Crippen LogP contribution in [0.25, 0.3) is 0 Å². The summed E-state index contributed by atoms with van der Waals surface area (Å²) < 4.78 is 37.2. The number of nitrogens with two attached hydrogens (primary N) is 1. The minimum absolute atomic E-state index is 0.0539. The second-order valence-electron chi connectivity index (χ2n) is 6.96. The maximum Gasteiger partial charge on any atom is 0.321 e. The van der Waals surface area contributed by atoms with Crippen LogP contribution >= 0.6 is 11.5 Å². The number of hydrogen-bond donors (Lipinski definition) is 4. The molecule has 1 aromatic carbocycles. The number of aryl methyl sites for hydroxylation is 1. The molecule has 2 heterocycles. The van der Waals surface area contributed by atoms with Crippen molar-refractivity contribution in [1.29, 1.82) is 0 Å². The van der Waals surface area contributed by atoms with E-state index in [1.165, 1.54) is 6.92 Å². The standard InChI is InChI=1S/C21H22F2N6O3S/c1-3-15(26-16-6-4-5-7-25-16)27-21(31)28-20-17(18(24)30)19(29-33-20)32-10-12-9-13(22)11(2)8-14(12)23/h4-9,15H,3,10H2,1-2H3,(H2,24,30)(H,25,26)(H2,27,28,31). The Morgan fingerprint density at radius 3 is 2.70 bits per heavy atom. The van der Waals surface area contributed by atoms with E-state index in [-0.39, 0.29) is 34.2 Å². The van der Waals surface area contributed by atoms with Gasteiger partial charge < -0.3 is 21.1 Å². The molecule has 2 aromatic heterocycles. The van der Waals surface area contributed by atoms with Crippen LogP contribution in [0.15, 0.2) is 36.5 Å². The molecule has 0 aliphatic heterocycles. The van der Waals surface area contributed by atoms with Crippen LogP contribution in [0.3, 0.4) is 0 Å². The fourth-order valence-corrected chi connectivity index (χ4v) is 3.52. The number of anilines is 2. The molecule has 3 amide bonds. The van der Waals surface area contributed by atoms with Crippen LogP contribution < -0.4 is 26.4 Å². The van der Waals surface area contributed by atoms with E-state index in [9.17, 15) is 18.4 Å². The van der Waals surface area contributed by atoms with Crippen molar-refractivity contribution in [2.75, 3.05) is 10.6 Å². The lowest BCUT2D eigenvalue weighted by atomic mass is 10.1. The fraction of sp³-hybridized carbons (Fsp3) is 0.238. The summed E-state index contributed by atoms with van der Waals surface area (Å²) in [4.78, 5) is 28.6. The van der Waals surface area contributed by atoms with Gasteiger partial charge in [-0.15, -0.1) is 0 Å². The topological polar surface area (TPSA) is 131 Å². The van der Waals surface area contributed by atoms with Crippen LogP contribution in [-0.2, 0) is 6.61 Å². The number of primary amides is 1. The molecule has 33 heavy (non-hydrogen) atoms. The normalized spacial score (nSPS) is 11.5. The number of benzene rings is 1. The third-order valence-electron chi connectivity index (χ3n) is 4.53. The van der Waals surface area contributed by atoms with E-state index in [1.54, 1.807) is 24.4 Å². The van der Waals surface area contributed by atoms with E-state index in [0.717, 1.165) is 23.7 Å². The lowest BCUT2D eigenvalue weighted by Gasteiger charge is -2.19. The first-order valence-electron chi connectivity index (χ1n) is 9.90. The van der Waals surface area contributed by atoms with Crippen LogP contribution in [0, 0.1) is 18.6 Å². The van der Waals surface area contributed by atoms with Gasteiger partial charge in [-0.2, -0.15) is 4.37 Å². The summed E-state index contributed by atoms with van der Waals surface area (Å²) in [6.07, 6.45) is 1.71. The van der Waals surface area contributed by atoms with E-state index >= 15 is 0 Å². The molecule has 0 aliphatic carbocycles. The largest absolute Gasteiger partial charge is 0.471 e. The van der Waals surface area contributed by atoms with Crippen LogP contribution in [0.1, 0.15) is 34.8 Å². The maximum absolute atomic E-state index is 14.0. The number of nitrogens with zero attached hydrogens (tertiary/aromatic N) is 2. The predicted molar refractivity (Wildman–Crippen MR) is 120 cm³/mol. The lowest BCUT2D eigenvalue weighted by molar-refractivity contribution is 0.0996. The first-order chi connectivity index (χ1) is 15.8. The Morgan fingerprint density at radius 2 is 2.03 bits per heavy atom. The van der Waals surface area contributed by atoms with Gasteiger partial charge in [-0.3, -0.25) is 10.1 Å². The van der Waals surface area contributed by atoms with Crippen molar-refractivity contribution in [2.45, 2.75) is 33.0 Å². The fourth-order valence-electron chi connectivity index (χ4n) is 2.79. The zero-order valence-electron chi connectivity index (χ0n) is 17.8. The first kappa shape index (κ1) is 23.9. The summed E-state index contributed by atoms with van der Waals surface area (Å²) in [6.45, 7) is 2.92. The number of pyridine rings is 1. The number of hydrogen-bond acceptors (Lipinski definition) is 7. The molecule has 0 radical (unpaired) electrons. The number of carbonyl (C=O) groups excluding carboxylic acids is 2.